The van der Waals surface area contributed by atoms with Crippen LogP contribution in [-0.4, -0.2) is 23.0 Å². The van der Waals surface area contributed by atoms with Gasteiger partial charge in [0.1, 0.15) is 11.6 Å². The largest absolute Gasteiger partial charge is 0.396 e. The van der Waals surface area contributed by atoms with E-state index in [4.69, 9.17) is 11.5 Å². The predicted octanol–water partition coefficient (Wildman–Crippen LogP) is 0.963. The van der Waals surface area contributed by atoms with Gasteiger partial charge in [0.05, 0.1) is 5.69 Å². The summed E-state index contributed by atoms with van der Waals surface area (Å²) >= 11 is 0. The first-order valence-corrected chi connectivity index (χ1v) is 5.85. The second kappa shape index (κ2) is 5.57. The molecule has 0 radical (unpaired) electrons. The van der Waals surface area contributed by atoms with Crippen LogP contribution in [0.5, 0.6) is 0 Å². The highest BCUT2D eigenvalue weighted by atomic mass is 16.1. The number of hydrogen-bond acceptors (Lipinski definition) is 5. The summed E-state index contributed by atoms with van der Waals surface area (Å²) in [7, 11) is 0. The number of nitrogens with two attached hydrogens (primary N) is 2. The zero-order valence-electron chi connectivity index (χ0n) is 11.1. The molecule has 6 heteroatoms. The average Bonchev–Trinajstić information content (AvgIpc) is 2.20. The van der Waals surface area contributed by atoms with E-state index in [1.807, 2.05) is 20.8 Å². The SMILES string of the molecule is CC(C)(C)NC(=O)CCNc1ccc(N)c(N)n1. The van der Waals surface area contributed by atoms with Crippen molar-refractivity contribution in [1.29, 1.82) is 0 Å². The molecule has 6 nitrogen and oxygen atoms in total. The standard InChI is InChI=1S/C12H21N5O/c1-12(2,3)17-10(18)6-7-15-9-5-4-8(13)11(14)16-9/h4-5H,6-7,13H2,1-3H3,(H,17,18)(H3,14,15,16). The fraction of sp³-hybridized carbons (Fsp3) is 0.500. The van der Waals surface area contributed by atoms with Crippen molar-refractivity contribution in [2.75, 3.05) is 23.3 Å². The second-order valence-electron chi connectivity index (χ2n) is 5.15. The predicted molar refractivity (Wildman–Crippen MR) is 74.1 cm³/mol. The lowest BCUT2D eigenvalue weighted by molar-refractivity contribution is -0.122. The van der Waals surface area contributed by atoms with Crippen molar-refractivity contribution < 1.29 is 4.79 Å². The number of rotatable bonds is 4. The summed E-state index contributed by atoms with van der Waals surface area (Å²) in [5.41, 5.74) is 11.4. The van der Waals surface area contributed by atoms with Crippen LogP contribution in [0, 0.1) is 0 Å². The number of hydrogen-bond donors (Lipinski definition) is 4. The van der Waals surface area contributed by atoms with E-state index in [2.05, 4.69) is 15.6 Å². The van der Waals surface area contributed by atoms with Crippen molar-refractivity contribution in [3.05, 3.63) is 12.1 Å². The number of carbonyl (C=O) groups is 1. The van der Waals surface area contributed by atoms with Crippen LogP contribution in [0.1, 0.15) is 27.2 Å². The van der Waals surface area contributed by atoms with Gasteiger partial charge in [0.25, 0.3) is 0 Å². The van der Waals surface area contributed by atoms with Crippen LogP contribution in [0.2, 0.25) is 0 Å². The monoisotopic (exact) mass is 251 g/mol. The number of aromatic nitrogens is 1. The summed E-state index contributed by atoms with van der Waals surface area (Å²) in [6.07, 6.45) is 0.378. The van der Waals surface area contributed by atoms with Gasteiger partial charge in [-0.15, -0.1) is 0 Å². The Balaban J connectivity index is 2.38. The van der Waals surface area contributed by atoms with Gasteiger partial charge < -0.3 is 22.1 Å². The molecule has 0 aliphatic heterocycles. The summed E-state index contributed by atoms with van der Waals surface area (Å²) in [5.74, 6) is 0.905. The van der Waals surface area contributed by atoms with E-state index in [1.54, 1.807) is 12.1 Å². The first-order chi connectivity index (χ1) is 8.28. The molecule has 0 aliphatic carbocycles. The van der Waals surface area contributed by atoms with Gasteiger partial charge in [0.15, 0.2) is 0 Å². The third-order valence-corrected chi connectivity index (χ3v) is 2.13. The Morgan fingerprint density at radius 2 is 2.00 bits per heavy atom. The Morgan fingerprint density at radius 3 is 2.56 bits per heavy atom. The summed E-state index contributed by atoms with van der Waals surface area (Å²) in [6, 6.07) is 3.41. The number of amides is 1. The molecule has 1 aromatic rings. The molecule has 0 saturated carbocycles. The van der Waals surface area contributed by atoms with Crippen LogP contribution in [0.3, 0.4) is 0 Å². The van der Waals surface area contributed by atoms with Gasteiger partial charge in [-0.05, 0) is 32.9 Å². The van der Waals surface area contributed by atoms with Gasteiger partial charge in [-0.1, -0.05) is 0 Å². The molecular weight excluding hydrogens is 230 g/mol. The summed E-state index contributed by atoms with van der Waals surface area (Å²) in [5, 5.41) is 5.90. The van der Waals surface area contributed by atoms with Crippen molar-refractivity contribution in [2.24, 2.45) is 0 Å². The van der Waals surface area contributed by atoms with E-state index in [0.29, 0.717) is 30.3 Å². The molecular formula is C12H21N5O. The highest BCUT2D eigenvalue weighted by molar-refractivity contribution is 5.77. The van der Waals surface area contributed by atoms with Gasteiger partial charge in [0.2, 0.25) is 5.91 Å². The topological polar surface area (TPSA) is 106 Å². The van der Waals surface area contributed by atoms with Gasteiger partial charge in [-0.3, -0.25) is 4.79 Å². The van der Waals surface area contributed by atoms with E-state index in [9.17, 15) is 4.79 Å². The smallest absolute Gasteiger partial charge is 0.222 e. The van der Waals surface area contributed by atoms with Crippen molar-refractivity contribution >= 4 is 23.2 Å². The van der Waals surface area contributed by atoms with Crippen LogP contribution >= 0.6 is 0 Å². The number of carbonyl (C=O) groups excluding carboxylic acids is 1. The molecule has 0 atom stereocenters. The highest BCUT2D eigenvalue weighted by Crippen LogP contribution is 2.14. The number of nitrogens with one attached hydrogen (secondary N) is 2. The van der Waals surface area contributed by atoms with Gasteiger partial charge in [0, 0.05) is 18.5 Å². The zero-order valence-corrected chi connectivity index (χ0v) is 11.1. The molecule has 1 amide bonds. The minimum absolute atomic E-state index is 0.00147. The molecule has 1 rings (SSSR count). The molecule has 0 unspecified atom stereocenters. The minimum Gasteiger partial charge on any atom is -0.396 e. The molecule has 1 aromatic heterocycles. The maximum atomic E-state index is 11.6. The summed E-state index contributed by atoms with van der Waals surface area (Å²) in [6.45, 7) is 6.33. The lowest BCUT2D eigenvalue weighted by Crippen LogP contribution is -2.41. The number of pyridine rings is 1. The van der Waals surface area contributed by atoms with Crippen LogP contribution in [0.15, 0.2) is 12.1 Å². The third-order valence-electron chi connectivity index (χ3n) is 2.13. The Kier molecular flexibility index (Phi) is 4.36. The van der Waals surface area contributed by atoms with Crippen molar-refractivity contribution in [3.8, 4) is 0 Å². The zero-order chi connectivity index (χ0) is 13.8. The van der Waals surface area contributed by atoms with Gasteiger partial charge >= 0.3 is 0 Å². The second-order valence-corrected chi connectivity index (χ2v) is 5.15. The Labute approximate surface area is 107 Å². The molecule has 0 saturated heterocycles. The minimum atomic E-state index is -0.207. The lowest BCUT2D eigenvalue weighted by atomic mass is 10.1. The lowest BCUT2D eigenvalue weighted by Gasteiger charge is -2.20. The quantitative estimate of drug-likeness (QED) is 0.638. The molecule has 6 N–H and O–H groups in total. The number of nitrogen functional groups attached to an aromatic ring is 2. The van der Waals surface area contributed by atoms with Crippen LogP contribution < -0.4 is 22.1 Å². The molecule has 0 bridgehead atoms. The Hall–Kier alpha value is -1.98. The van der Waals surface area contributed by atoms with E-state index in [0.717, 1.165) is 0 Å². The number of nitrogens with zero attached hydrogens (tertiary/aromatic N) is 1. The van der Waals surface area contributed by atoms with Crippen LogP contribution in [0.25, 0.3) is 0 Å². The molecule has 18 heavy (non-hydrogen) atoms. The molecule has 1 heterocycles. The molecule has 0 spiro atoms. The summed E-state index contributed by atoms with van der Waals surface area (Å²) in [4.78, 5) is 15.6. The Bertz CT molecular complexity index is 425. The molecule has 100 valence electrons. The van der Waals surface area contributed by atoms with E-state index < -0.39 is 0 Å². The van der Waals surface area contributed by atoms with Crippen molar-refractivity contribution in [1.82, 2.24) is 10.3 Å². The third kappa shape index (κ3) is 4.90. The average molecular weight is 251 g/mol. The van der Waals surface area contributed by atoms with Crippen molar-refractivity contribution in [2.45, 2.75) is 32.7 Å². The maximum Gasteiger partial charge on any atom is 0.222 e. The molecule has 0 aromatic carbocycles. The first kappa shape index (κ1) is 14.1. The normalized spacial score (nSPS) is 11.1. The first-order valence-electron chi connectivity index (χ1n) is 5.85. The van der Waals surface area contributed by atoms with E-state index in [1.165, 1.54) is 0 Å². The van der Waals surface area contributed by atoms with Crippen molar-refractivity contribution in [3.63, 3.8) is 0 Å². The maximum absolute atomic E-state index is 11.6. The van der Waals surface area contributed by atoms with Crippen LogP contribution in [-0.2, 0) is 4.79 Å². The fourth-order valence-corrected chi connectivity index (χ4v) is 1.37. The van der Waals surface area contributed by atoms with Crippen LogP contribution in [0.4, 0.5) is 17.3 Å². The molecule has 0 fully saturated rings. The fourth-order valence-electron chi connectivity index (χ4n) is 1.37. The Morgan fingerprint density at radius 1 is 1.33 bits per heavy atom. The van der Waals surface area contributed by atoms with E-state index >= 15 is 0 Å². The highest BCUT2D eigenvalue weighted by Gasteiger charge is 2.12. The van der Waals surface area contributed by atoms with Gasteiger partial charge in [-0.2, -0.15) is 0 Å². The molecule has 0 aliphatic rings. The number of anilines is 3. The van der Waals surface area contributed by atoms with E-state index in [-0.39, 0.29) is 11.4 Å². The summed E-state index contributed by atoms with van der Waals surface area (Å²) < 4.78 is 0. The van der Waals surface area contributed by atoms with Gasteiger partial charge in [-0.25, -0.2) is 4.98 Å².